The van der Waals surface area contributed by atoms with Crippen molar-refractivity contribution in [1.82, 2.24) is 10.6 Å². The number of anilines is 1. The van der Waals surface area contributed by atoms with E-state index in [2.05, 4.69) is 16.0 Å². The average molecular weight is 305 g/mol. The Morgan fingerprint density at radius 2 is 2.00 bits per heavy atom. The topological polar surface area (TPSA) is 79.5 Å². The highest BCUT2D eigenvalue weighted by Crippen LogP contribution is 2.11. The first-order valence-corrected chi connectivity index (χ1v) is 7.73. The molecule has 0 aliphatic carbocycles. The van der Waals surface area contributed by atoms with E-state index in [0.717, 1.165) is 25.9 Å². The molecule has 1 heterocycles. The van der Waals surface area contributed by atoms with Crippen molar-refractivity contribution in [3.63, 3.8) is 0 Å². The second-order valence-electron chi connectivity index (χ2n) is 5.30. The van der Waals surface area contributed by atoms with Crippen molar-refractivity contribution in [3.8, 4) is 0 Å². The van der Waals surface area contributed by atoms with Crippen LogP contribution in [0.1, 0.15) is 36.5 Å². The first kappa shape index (κ1) is 16.3. The average Bonchev–Trinajstić information content (AvgIpc) is 3.05. The molecule has 0 spiro atoms. The number of urea groups is 1. The lowest BCUT2D eigenvalue weighted by molar-refractivity contribution is 0.0953. The van der Waals surface area contributed by atoms with Crippen LogP contribution in [0.3, 0.4) is 0 Å². The number of carbonyl (C=O) groups excluding carboxylic acids is 2. The number of ether oxygens (including phenoxy) is 1. The van der Waals surface area contributed by atoms with Gasteiger partial charge in [-0.3, -0.25) is 4.79 Å². The second kappa shape index (κ2) is 8.38. The van der Waals surface area contributed by atoms with Crippen LogP contribution in [0.2, 0.25) is 0 Å². The summed E-state index contributed by atoms with van der Waals surface area (Å²) in [5.74, 6) is -0.101. The van der Waals surface area contributed by atoms with Crippen molar-refractivity contribution >= 4 is 17.6 Å². The van der Waals surface area contributed by atoms with Crippen LogP contribution in [-0.2, 0) is 4.74 Å². The third-order valence-corrected chi connectivity index (χ3v) is 3.45. The predicted molar refractivity (Wildman–Crippen MR) is 85.1 cm³/mol. The molecule has 120 valence electrons. The number of benzene rings is 1. The van der Waals surface area contributed by atoms with Crippen LogP contribution in [0.25, 0.3) is 0 Å². The Labute approximate surface area is 130 Å². The molecule has 1 fully saturated rings. The highest BCUT2D eigenvalue weighted by Gasteiger charge is 2.16. The molecule has 3 amide bonds. The maximum absolute atomic E-state index is 11.8. The van der Waals surface area contributed by atoms with Gasteiger partial charge in [-0.05, 0) is 43.5 Å². The molecule has 6 nitrogen and oxygen atoms in total. The van der Waals surface area contributed by atoms with Crippen LogP contribution < -0.4 is 16.0 Å². The maximum Gasteiger partial charge on any atom is 0.319 e. The molecule has 1 aliphatic heterocycles. The van der Waals surface area contributed by atoms with E-state index in [1.807, 2.05) is 6.92 Å². The zero-order valence-electron chi connectivity index (χ0n) is 12.9. The summed E-state index contributed by atoms with van der Waals surface area (Å²) in [5, 5.41) is 8.33. The summed E-state index contributed by atoms with van der Waals surface area (Å²) >= 11 is 0. The lowest BCUT2D eigenvalue weighted by Crippen LogP contribution is -2.35. The van der Waals surface area contributed by atoms with Gasteiger partial charge in [0.05, 0.1) is 6.10 Å². The van der Waals surface area contributed by atoms with Crippen molar-refractivity contribution in [2.75, 3.05) is 25.0 Å². The first-order chi connectivity index (χ1) is 10.7. The Bertz CT molecular complexity index is 496. The minimum atomic E-state index is -0.265. The van der Waals surface area contributed by atoms with Gasteiger partial charge in [-0.1, -0.05) is 6.92 Å². The van der Waals surface area contributed by atoms with E-state index in [9.17, 15) is 9.59 Å². The molecule has 1 saturated heterocycles. The number of nitrogens with one attached hydrogen (secondary N) is 3. The van der Waals surface area contributed by atoms with E-state index in [4.69, 9.17) is 4.74 Å². The highest BCUT2D eigenvalue weighted by molar-refractivity contribution is 5.95. The smallest absolute Gasteiger partial charge is 0.319 e. The number of amides is 3. The van der Waals surface area contributed by atoms with Gasteiger partial charge in [0.25, 0.3) is 5.91 Å². The Balaban J connectivity index is 1.77. The maximum atomic E-state index is 11.8. The standard InChI is InChI=1S/C16H23N3O3/c1-2-9-17-15(20)12-5-7-13(8-6-12)19-16(21)18-11-14-4-3-10-22-14/h5-8,14H,2-4,9-11H2,1H3,(H,17,20)(H2,18,19,21)/t14-/m1/s1. The van der Waals surface area contributed by atoms with E-state index < -0.39 is 0 Å². The summed E-state index contributed by atoms with van der Waals surface area (Å²) in [4.78, 5) is 23.5. The molecular weight excluding hydrogens is 282 g/mol. The molecule has 2 rings (SSSR count). The lowest BCUT2D eigenvalue weighted by Gasteiger charge is -2.12. The number of hydrogen-bond donors (Lipinski definition) is 3. The number of rotatable bonds is 6. The quantitative estimate of drug-likeness (QED) is 0.753. The van der Waals surface area contributed by atoms with E-state index >= 15 is 0 Å². The molecule has 1 aromatic rings. The van der Waals surface area contributed by atoms with Gasteiger partial charge in [0.2, 0.25) is 0 Å². The van der Waals surface area contributed by atoms with E-state index in [1.165, 1.54) is 0 Å². The molecule has 0 unspecified atom stereocenters. The van der Waals surface area contributed by atoms with Crippen LogP contribution in [-0.4, -0.2) is 37.7 Å². The molecule has 6 heteroatoms. The summed E-state index contributed by atoms with van der Waals surface area (Å²) in [6, 6.07) is 6.55. The van der Waals surface area contributed by atoms with E-state index in [-0.39, 0.29) is 18.0 Å². The largest absolute Gasteiger partial charge is 0.376 e. The first-order valence-electron chi connectivity index (χ1n) is 7.73. The van der Waals surface area contributed by atoms with Crippen LogP contribution in [0.15, 0.2) is 24.3 Å². The zero-order chi connectivity index (χ0) is 15.8. The monoisotopic (exact) mass is 305 g/mol. The summed E-state index contributed by atoms with van der Waals surface area (Å²) < 4.78 is 5.44. The highest BCUT2D eigenvalue weighted by atomic mass is 16.5. The Kier molecular flexibility index (Phi) is 6.21. The van der Waals surface area contributed by atoms with Crippen LogP contribution in [0.5, 0.6) is 0 Å². The molecule has 0 saturated carbocycles. The molecule has 0 aromatic heterocycles. The fourth-order valence-electron chi connectivity index (χ4n) is 2.23. The SMILES string of the molecule is CCCNC(=O)c1ccc(NC(=O)NC[C@H]2CCCO2)cc1. The molecular formula is C16H23N3O3. The van der Waals surface area contributed by atoms with Crippen molar-refractivity contribution in [1.29, 1.82) is 0 Å². The minimum absolute atomic E-state index is 0.101. The third-order valence-electron chi connectivity index (χ3n) is 3.45. The van der Waals surface area contributed by atoms with Gasteiger partial charge in [0, 0.05) is 30.9 Å². The molecule has 1 aliphatic rings. The summed E-state index contributed by atoms with van der Waals surface area (Å²) in [5.41, 5.74) is 1.23. The molecule has 3 N–H and O–H groups in total. The van der Waals surface area contributed by atoms with Gasteiger partial charge in [0.15, 0.2) is 0 Å². The van der Waals surface area contributed by atoms with Crippen molar-refractivity contribution in [2.24, 2.45) is 0 Å². The molecule has 0 radical (unpaired) electrons. The fourth-order valence-corrected chi connectivity index (χ4v) is 2.23. The van der Waals surface area contributed by atoms with Gasteiger partial charge in [-0.15, -0.1) is 0 Å². The molecule has 1 aromatic carbocycles. The van der Waals surface area contributed by atoms with Crippen LogP contribution in [0.4, 0.5) is 10.5 Å². The Hall–Kier alpha value is -2.08. The van der Waals surface area contributed by atoms with Crippen molar-refractivity contribution < 1.29 is 14.3 Å². The molecule has 0 bridgehead atoms. The van der Waals surface area contributed by atoms with Gasteiger partial charge >= 0.3 is 6.03 Å². The van der Waals surface area contributed by atoms with Gasteiger partial charge in [-0.2, -0.15) is 0 Å². The van der Waals surface area contributed by atoms with E-state index in [0.29, 0.717) is 24.3 Å². The molecule has 1 atom stereocenters. The van der Waals surface area contributed by atoms with Crippen molar-refractivity contribution in [3.05, 3.63) is 29.8 Å². The third kappa shape index (κ3) is 5.04. The zero-order valence-corrected chi connectivity index (χ0v) is 12.9. The predicted octanol–water partition coefficient (Wildman–Crippen LogP) is 2.13. The number of carbonyl (C=O) groups is 2. The minimum Gasteiger partial charge on any atom is -0.376 e. The van der Waals surface area contributed by atoms with Crippen molar-refractivity contribution in [2.45, 2.75) is 32.3 Å². The van der Waals surface area contributed by atoms with Gasteiger partial charge in [-0.25, -0.2) is 4.79 Å². The summed E-state index contributed by atoms with van der Waals surface area (Å²) in [6.07, 6.45) is 3.06. The lowest BCUT2D eigenvalue weighted by atomic mass is 10.2. The number of hydrogen-bond acceptors (Lipinski definition) is 3. The summed E-state index contributed by atoms with van der Waals surface area (Å²) in [7, 11) is 0. The summed E-state index contributed by atoms with van der Waals surface area (Å²) in [6.45, 7) is 3.95. The van der Waals surface area contributed by atoms with Gasteiger partial charge < -0.3 is 20.7 Å². The normalized spacial score (nSPS) is 17.0. The van der Waals surface area contributed by atoms with Gasteiger partial charge in [0.1, 0.15) is 0 Å². The molecule has 22 heavy (non-hydrogen) atoms. The fraction of sp³-hybridized carbons (Fsp3) is 0.500. The van der Waals surface area contributed by atoms with Crippen LogP contribution >= 0.6 is 0 Å². The van der Waals surface area contributed by atoms with E-state index in [1.54, 1.807) is 24.3 Å². The Morgan fingerprint density at radius 3 is 2.64 bits per heavy atom. The Morgan fingerprint density at radius 1 is 1.23 bits per heavy atom. The second-order valence-corrected chi connectivity index (χ2v) is 5.30. The van der Waals surface area contributed by atoms with Crippen LogP contribution in [0, 0.1) is 0 Å².